The van der Waals surface area contributed by atoms with Crippen LogP contribution in [-0.2, 0) is 16.0 Å². The molecular formula is C25H30N8O2S2. The molecule has 1 saturated carbocycles. The Labute approximate surface area is 224 Å². The van der Waals surface area contributed by atoms with E-state index in [-0.39, 0.29) is 40.4 Å². The number of nitrogens with one attached hydrogen (secondary N) is 6. The number of pyridine rings is 2. The van der Waals surface area contributed by atoms with Gasteiger partial charge in [0.2, 0.25) is 11.8 Å². The van der Waals surface area contributed by atoms with Gasteiger partial charge in [-0.05, 0) is 85.3 Å². The van der Waals surface area contributed by atoms with Crippen LogP contribution in [0.3, 0.4) is 0 Å². The van der Waals surface area contributed by atoms with Gasteiger partial charge in [0.05, 0.1) is 22.4 Å². The predicted molar refractivity (Wildman–Crippen MR) is 148 cm³/mol. The highest BCUT2D eigenvalue weighted by molar-refractivity contribution is 8.26. The minimum Gasteiger partial charge on any atom is -0.305 e. The average Bonchev–Trinajstić information content (AvgIpc) is 3.32. The van der Waals surface area contributed by atoms with Gasteiger partial charge in [0.1, 0.15) is 0 Å². The fraction of sp³-hybridized carbons (Fsp3) is 0.360. The summed E-state index contributed by atoms with van der Waals surface area (Å²) in [6, 6.07) is 7.10. The average molecular weight is 539 g/mol. The molecule has 194 valence electrons. The first-order chi connectivity index (χ1) is 17.7. The number of amidine groups is 2. The van der Waals surface area contributed by atoms with Gasteiger partial charge in [0, 0.05) is 30.7 Å². The Hall–Kier alpha value is -3.38. The van der Waals surface area contributed by atoms with E-state index in [1.165, 1.54) is 0 Å². The summed E-state index contributed by atoms with van der Waals surface area (Å²) in [5, 5.41) is 38.3. The highest BCUT2D eigenvalue weighted by Gasteiger charge is 2.30. The molecule has 2 unspecified atom stereocenters. The second-order valence-corrected chi connectivity index (χ2v) is 11.0. The molecule has 2 aromatic heterocycles. The lowest BCUT2D eigenvalue weighted by molar-refractivity contribution is -0.121. The monoisotopic (exact) mass is 538 g/mol. The summed E-state index contributed by atoms with van der Waals surface area (Å²) in [4.78, 5) is 32.5. The Bertz CT molecular complexity index is 1160. The van der Waals surface area contributed by atoms with E-state index in [9.17, 15) is 9.59 Å². The van der Waals surface area contributed by atoms with Crippen molar-refractivity contribution < 1.29 is 9.59 Å². The third-order valence-corrected chi connectivity index (χ3v) is 7.56. The van der Waals surface area contributed by atoms with E-state index < -0.39 is 5.92 Å². The molecule has 6 N–H and O–H groups in total. The Morgan fingerprint density at radius 1 is 1.00 bits per heavy atom. The lowest BCUT2D eigenvalue weighted by Gasteiger charge is -2.15. The minimum absolute atomic E-state index is 0.0283. The van der Waals surface area contributed by atoms with Gasteiger partial charge in [-0.15, -0.1) is 0 Å². The first-order valence-electron chi connectivity index (χ1n) is 11.8. The number of carbonyl (C=O) groups excluding carboxylic acids is 2. The Kier molecular flexibility index (Phi) is 10.5. The van der Waals surface area contributed by atoms with E-state index in [1.807, 2.05) is 6.07 Å². The highest BCUT2D eigenvalue weighted by Crippen LogP contribution is 2.37. The molecule has 0 radical (unpaired) electrons. The highest BCUT2D eigenvalue weighted by atomic mass is 32.2. The molecule has 1 aliphatic carbocycles. The van der Waals surface area contributed by atoms with Crippen LogP contribution in [0.2, 0.25) is 0 Å². The molecule has 2 amide bonds. The SMILES string of the molecule is CC(C(=O)NC(=N)SC(=N)[C@@H]1CCC(CC(=N)SC(=N)NC(=O)Cc2cccnc2)C1)c1cccnc1. The number of carbonyl (C=O) groups is 2. The van der Waals surface area contributed by atoms with Gasteiger partial charge in [0.25, 0.3) is 0 Å². The van der Waals surface area contributed by atoms with Crippen LogP contribution in [0.25, 0.3) is 0 Å². The van der Waals surface area contributed by atoms with Crippen molar-refractivity contribution in [3.8, 4) is 0 Å². The van der Waals surface area contributed by atoms with E-state index >= 15 is 0 Å². The lowest BCUT2D eigenvalue weighted by atomic mass is 10.0. The van der Waals surface area contributed by atoms with Crippen molar-refractivity contribution in [2.24, 2.45) is 11.8 Å². The van der Waals surface area contributed by atoms with E-state index in [4.69, 9.17) is 21.6 Å². The zero-order valence-electron chi connectivity index (χ0n) is 20.4. The predicted octanol–water partition coefficient (Wildman–Crippen LogP) is 4.15. The lowest BCUT2D eigenvalue weighted by Crippen LogP contribution is -2.32. The zero-order valence-corrected chi connectivity index (χ0v) is 22.0. The molecule has 2 heterocycles. The van der Waals surface area contributed by atoms with Crippen molar-refractivity contribution in [3.63, 3.8) is 0 Å². The molecule has 1 fully saturated rings. The summed E-state index contributed by atoms with van der Waals surface area (Å²) >= 11 is 1.88. The van der Waals surface area contributed by atoms with Crippen molar-refractivity contribution in [2.45, 2.75) is 44.9 Å². The molecule has 37 heavy (non-hydrogen) atoms. The number of amides is 2. The Balaban J connectivity index is 1.36. The second kappa shape index (κ2) is 13.8. The van der Waals surface area contributed by atoms with Crippen molar-refractivity contribution in [3.05, 3.63) is 60.2 Å². The number of nitrogens with zero attached hydrogens (tertiary/aromatic N) is 2. The van der Waals surface area contributed by atoms with E-state index in [2.05, 4.69) is 20.6 Å². The summed E-state index contributed by atoms with van der Waals surface area (Å²) in [7, 11) is 0. The van der Waals surface area contributed by atoms with Crippen molar-refractivity contribution in [1.82, 2.24) is 20.6 Å². The number of thioether (sulfide) groups is 2. The van der Waals surface area contributed by atoms with Gasteiger partial charge < -0.3 is 10.6 Å². The van der Waals surface area contributed by atoms with E-state index in [0.29, 0.717) is 22.9 Å². The van der Waals surface area contributed by atoms with Crippen LogP contribution in [0.15, 0.2) is 49.1 Å². The zero-order chi connectivity index (χ0) is 26.8. The molecule has 0 saturated heterocycles. The van der Waals surface area contributed by atoms with Crippen LogP contribution < -0.4 is 10.6 Å². The fourth-order valence-electron chi connectivity index (χ4n) is 4.03. The third-order valence-electron chi connectivity index (χ3n) is 5.98. The number of rotatable bonds is 7. The number of aromatic nitrogens is 2. The summed E-state index contributed by atoms with van der Waals surface area (Å²) in [6.07, 6.45) is 9.40. The van der Waals surface area contributed by atoms with Gasteiger partial charge in [0.15, 0.2) is 10.3 Å². The molecule has 10 nitrogen and oxygen atoms in total. The maximum absolute atomic E-state index is 12.4. The summed E-state index contributed by atoms with van der Waals surface area (Å²) in [5.74, 6) is -0.933. The molecule has 1 aliphatic rings. The molecule has 0 aromatic carbocycles. The first-order valence-corrected chi connectivity index (χ1v) is 13.4. The topological polar surface area (TPSA) is 179 Å². The van der Waals surface area contributed by atoms with Crippen LogP contribution in [0.1, 0.15) is 49.7 Å². The summed E-state index contributed by atoms with van der Waals surface area (Å²) < 4.78 is 0. The van der Waals surface area contributed by atoms with Crippen LogP contribution in [-0.4, -0.2) is 42.2 Å². The molecule has 3 atom stereocenters. The Morgan fingerprint density at radius 3 is 2.38 bits per heavy atom. The molecule has 0 aliphatic heterocycles. The Morgan fingerprint density at radius 2 is 1.70 bits per heavy atom. The molecule has 3 rings (SSSR count). The first kappa shape index (κ1) is 28.2. The largest absolute Gasteiger partial charge is 0.305 e. The molecule has 0 spiro atoms. The standard InChI is InChI=1S/C25H30N8O2S2/c1-15(19-5-3-9-31-14-19)23(35)33-25(29)37-22(27)18-7-6-16(10-18)11-20(26)36-24(28)32-21(34)12-17-4-2-8-30-13-17/h2-5,8-9,13-16,18,26-27H,6-7,10-12H2,1H3,(H2,28,32,34)(H2,29,33,35)/t15?,16?,18-/m1/s1. The van der Waals surface area contributed by atoms with Gasteiger partial charge in [-0.2, -0.15) is 0 Å². The molecule has 0 bridgehead atoms. The molecule has 2 aromatic rings. The normalized spacial score (nSPS) is 17.4. The number of hydrogen-bond acceptors (Lipinski definition) is 10. The van der Waals surface area contributed by atoms with Crippen LogP contribution >= 0.6 is 23.5 Å². The van der Waals surface area contributed by atoms with Crippen LogP contribution in [0.4, 0.5) is 0 Å². The van der Waals surface area contributed by atoms with E-state index in [1.54, 1.807) is 49.9 Å². The minimum atomic E-state index is -0.456. The summed E-state index contributed by atoms with van der Waals surface area (Å²) in [6.45, 7) is 1.75. The second-order valence-electron chi connectivity index (χ2n) is 8.81. The van der Waals surface area contributed by atoms with Gasteiger partial charge in [-0.25, -0.2) is 0 Å². The smallest absolute Gasteiger partial charge is 0.233 e. The molecule has 12 heteroatoms. The maximum Gasteiger partial charge on any atom is 0.233 e. The third kappa shape index (κ3) is 9.21. The quantitative estimate of drug-likeness (QED) is 0.227. The van der Waals surface area contributed by atoms with Crippen molar-refractivity contribution in [1.29, 1.82) is 21.6 Å². The maximum atomic E-state index is 12.4. The fourth-order valence-corrected chi connectivity index (χ4v) is 5.51. The van der Waals surface area contributed by atoms with Gasteiger partial charge in [-0.3, -0.25) is 41.2 Å². The van der Waals surface area contributed by atoms with E-state index in [0.717, 1.165) is 47.5 Å². The van der Waals surface area contributed by atoms with Crippen LogP contribution in [0.5, 0.6) is 0 Å². The number of hydrogen-bond donors (Lipinski definition) is 6. The van der Waals surface area contributed by atoms with Crippen LogP contribution in [0, 0.1) is 33.5 Å². The molecular weight excluding hydrogens is 508 g/mol. The van der Waals surface area contributed by atoms with Crippen molar-refractivity contribution in [2.75, 3.05) is 0 Å². The van der Waals surface area contributed by atoms with Crippen molar-refractivity contribution >= 4 is 55.8 Å². The summed E-state index contributed by atoms with van der Waals surface area (Å²) in [5.41, 5.74) is 1.51. The van der Waals surface area contributed by atoms with Gasteiger partial charge >= 0.3 is 0 Å². The van der Waals surface area contributed by atoms with Gasteiger partial charge in [-0.1, -0.05) is 12.1 Å².